The molecule has 1 aromatic heterocycles. The van der Waals surface area contributed by atoms with Gasteiger partial charge in [0.1, 0.15) is 5.82 Å². The number of aryl methyl sites for hydroxylation is 1. The predicted molar refractivity (Wildman–Crippen MR) is 120 cm³/mol. The molecule has 1 N–H and O–H groups in total. The van der Waals surface area contributed by atoms with Crippen molar-refractivity contribution in [1.82, 2.24) is 19.8 Å². The minimum atomic E-state index is -0.0105. The molecule has 30 heavy (non-hydrogen) atoms. The first kappa shape index (κ1) is 21.1. The summed E-state index contributed by atoms with van der Waals surface area (Å²) in [5.41, 5.74) is 3.50. The number of carbonyl (C=O) groups is 1. The van der Waals surface area contributed by atoms with Crippen molar-refractivity contribution in [2.75, 3.05) is 32.0 Å². The quantitative estimate of drug-likeness (QED) is 0.709. The Morgan fingerprint density at radius 1 is 1.27 bits per heavy atom. The number of rotatable bonds is 6. The fourth-order valence-corrected chi connectivity index (χ4v) is 4.70. The monoisotopic (exact) mass is 427 g/mol. The van der Waals surface area contributed by atoms with Crippen LogP contribution in [0.2, 0.25) is 5.02 Å². The van der Waals surface area contributed by atoms with E-state index in [-0.39, 0.29) is 11.9 Å². The predicted octanol–water partition coefficient (Wildman–Crippen LogP) is 3.85. The molecule has 1 fully saturated rings. The summed E-state index contributed by atoms with van der Waals surface area (Å²) in [6.45, 7) is 5.09. The fraction of sp³-hybridized carbons (Fsp3) is 0.522. The molecule has 6 nitrogen and oxygen atoms in total. The SMILES string of the molecule is CC(=O)N1CCCC1c1nc2c(c(NCCCc3ccccc3Cl)n1)CCN(C)C2. The smallest absolute Gasteiger partial charge is 0.220 e. The van der Waals surface area contributed by atoms with Gasteiger partial charge in [0, 0.05) is 43.7 Å². The minimum Gasteiger partial charge on any atom is -0.370 e. The molecule has 0 spiro atoms. The first-order chi connectivity index (χ1) is 14.5. The number of benzene rings is 1. The summed E-state index contributed by atoms with van der Waals surface area (Å²) in [5, 5.41) is 4.40. The van der Waals surface area contributed by atoms with Gasteiger partial charge in [-0.1, -0.05) is 29.8 Å². The molecule has 0 bridgehead atoms. The Balaban J connectivity index is 1.51. The largest absolute Gasteiger partial charge is 0.370 e. The molecule has 2 aromatic rings. The molecule has 4 rings (SSSR count). The van der Waals surface area contributed by atoms with Gasteiger partial charge in [0.15, 0.2) is 5.82 Å². The summed E-state index contributed by atoms with van der Waals surface area (Å²) in [6.07, 6.45) is 4.78. The number of hydrogen-bond acceptors (Lipinski definition) is 5. The standard InChI is InChI=1S/C23H30ClN5O/c1-16(30)29-13-6-10-21(29)23-26-20-15-28(2)14-11-18(20)22(27-23)25-12-5-8-17-7-3-4-9-19(17)24/h3-4,7,9,21H,5-6,8,10-15H2,1-2H3,(H,25,26,27). The number of hydrogen-bond donors (Lipinski definition) is 1. The van der Waals surface area contributed by atoms with E-state index >= 15 is 0 Å². The van der Waals surface area contributed by atoms with Crippen molar-refractivity contribution >= 4 is 23.3 Å². The van der Waals surface area contributed by atoms with Crippen LogP contribution in [0.25, 0.3) is 0 Å². The van der Waals surface area contributed by atoms with Crippen molar-refractivity contribution in [3.05, 3.63) is 51.9 Å². The highest BCUT2D eigenvalue weighted by molar-refractivity contribution is 6.31. The Morgan fingerprint density at radius 3 is 2.90 bits per heavy atom. The van der Waals surface area contributed by atoms with Crippen molar-refractivity contribution in [2.24, 2.45) is 0 Å². The Kier molecular flexibility index (Phi) is 6.54. The van der Waals surface area contributed by atoms with E-state index in [1.807, 2.05) is 23.1 Å². The van der Waals surface area contributed by atoms with Gasteiger partial charge in [0.2, 0.25) is 5.91 Å². The first-order valence-electron chi connectivity index (χ1n) is 10.9. The average molecular weight is 428 g/mol. The fourth-order valence-electron chi connectivity index (χ4n) is 4.47. The number of likely N-dealkylation sites (tertiary alicyclic amines) is 1. The lowest BCUT2D eigenvalue weighted by Gasteiger charge is -2.28. The second kappa shape index (κ2) is 9.31. The van der Waals surface area contributed by atoms with Gasteiger partial charge in [0.25, 0.3) is 0 Å². The maximum atomic E-state index is 12.1. The third kappa shape index (κ3) is 4.60. The Bertz CT molecular complexity index is 918. The normalized spacial score (nSPS) is 19.0. The van der Waals surface area contributed by atoms with Gasteiger partial charge in [-0.3, -0.25) is 4.79 Å². The molecular formula is C23H30ClN5O. The van der Waals surface area contributed by atoms with Crippen LogP contribution in [0.15, 0.2) is 24.3 Å². The highest BCUT2D eigenvalue weighted by Gasteiger charge is 2.32. The van der Waals surface area contributed by atoms with Gasteiger partial charge >= 0.3 is 0 Å². The number of anilines is 1. The topological polar surface area (TPSA) is 61.4 Å². The van der Waals surface area contributed by atoms with Crippen molar-refractivity contribution in [3.8, 4) is 0 Å². The van der Waals surface area contributed by atoms with Crippen LogP contribution in [0, 0.1) is 0 Å². The maximum Gasteiger partial charge on any atom is 0.220 e. The van der Waals surface area contributed by atoms with E-state index in [4.69, 9.17) is 21.6 Å². The molecule has 3 heterocycles. The molecule has 1 unspecified atom stereocenters. The number of halogens is 1. The average Bonchev–Trinajstić information content (AvgIpc) is 3.22. The lowest BCUT2D eigenvalue weighted by molar-refractivity contribution is -0.129. The molecule has 1 amide bonds. The second-order valence-electron chi connectivity index (χ2n) is 8.34. The van der Waals surface area contributed by atoms with Crippen LogP contribution in [0.4, 0.5) is 5.82 Å². The number of nitrogens with zero attached hydrogens (tertiary/aromatic N) is 4. The minimum absolute atomic E-state index is 0.0105. The molecule has 2 aliphatic heterocycles. The maximum absolute atomic E-state index is 12.1. The van der Waals surface area contributed by atoms with E-state index in [2.05, 4.69) is 23.3 Å². The molecule has 0 aliphatic carbocycles. The highest BCUT2D eigenvalue weighted by Crippen LogP contribution is 2.33. The first-order valence-corrected chi connectivity index (χ1v) is 11.2. The summed E-state index contributed by atoms with van der Waals surface area (Å²) in [6, 6.07) is 8.00. The lowest BCUT2D eigenvalue weighted by atomic mass is 10.0. The molecule has 1 saturated heterocycles. The van der Waals surface area contributed by atoms with Crippen LogP contribution in [0.1, 0.15) is 54.9 Å². The molecule has 1 atom stereocenters. The molecule has 1 aromatic carbocycles. The molecule has 0 saturated carbocycles. The van der Waals surface area contributed by atoms with Gasteiger partial charge in [-0.15, -0.1) is 0 Å². The Hall–Kier alpha value is -2.18. The molecule has 2 aliphatic rings. The number of aromatic nitrogens is 2. The van der Waals surface area contributed by atoms with E-state index in [1.165, 1.54) is 11.1 Å². The summed E-state index contributed by atoms with van der Waals surface area (Å²) < 4.78 is 0. The van der Waals surface area contributed by atoms with Crippen molar-refractivity contribution in [3.63, 3.8) is 0 Å². The molecule has 7 heteroatoms. The van der Waals surface area contributed by atoms with Gasteiger partial charge in [-0.2, -0.15) is 0 Å². The number of likely N-dealkylation sites (N-methyl/N-ethyl adjacent to an activating group) is 1. The molecular weight excluding hydrogens is 398 g/mol. The number of nitrogens with one attached hydrogen (secondary N) is 1. The van der Waals surface area contributed by atoms with Gasteiger partial charge in [-0.05, 0) is 50.8 Å². The van der Waals surface area contributed by atoms with Crippen LogP contribution < -0.4 is 5.32 Å². The number of fused-ring (bicyclic) bond motifs is 1. The van der Waals surface area contributed by atoms with Crippen LogP contribution in [-0.2, 0) is 24.2 Å². The Labute approximate surface area is 183 Å². The van der Waals surface area contributed by atoms with Crippen LogP contribution in [0.5, 0.6) is 0 Å². The summed E-state index contributed by atoms with van der Waals surface area (Å²) in [5.74, 6) is 1.83. The zero-order valence-corrected chi connectivity index (χ0v) is 18.6. The van der Waals surface area contributed by atoms with E-state index in [9.17, 15) is 4.79 Å². The zero-order chi connectivity index (χ0) is 21.1. The summed E-state index contributed by atoms with van der Waals surface area (Å²) in [4.78, 5) is 26.1. The van der Waals surface area contributed by atoms with E-state index in [1.54, 1.807) is 6.92 Å². The van der Waals surface area contributed by atoms with Crippen LogP contribution in [0.3, 0.4) is 0 Å². The van der Waals surface area contributed by atoms with E-state index in [0.29, 0.717) is 0 Å². The second-order valence-corrected chi connectivity index (χ2v) is 8.74. The summed E-state index contributed by atoms with van der Waals surface area (Å²) >= 11 is 6.28. The van der Waals surface area contributed by atoms with Gasteiger partial charge in [0.05, 0.1) is 11.7 Å². The summed E-state index contributed by atoms with van der Waals surface area (Å²) in [7, 11) is 2.12. The van der Waals surface area contributed by atoms with Crippen LogP contribution >= 0.6 is 11.6 Å². The van der Waals surface area contributed by atoms with Crippen molar-refractivity contribution in [1.29, 1.82) is 0 Å². The molecule has 0 radical (unpaired) electrons. The van der Waals surface area contributed by atoms with Crippen molar-refractivity contribution < 1.29 is 4.79 Å². The lowest BCUT2D eigenvalue weighted by Crippen LogP contribution is -2.32. The number of amides is 1. The highest BCUT2D eigenvalue weighted by atomic mass is 35.5. The molecule has 160 valence electrons. The van der Waals surface area contributed by atoms with E-state index in [0.717, 1.165) is 80.6 Å². The van der Waals surface area contributed by atoms with Gasteiger partial charge < -0.3 is 15.1 Å². The van der Waals surface area contributed by atoms with E-state index < -0.39 is 0 Å². The zero-order valence-electron chi connectivity index (χ0n) is 17.8. The third-order valence-electron chi connectivity index (χ3n) is 6.10. The van der Waals surface area contributed by atoms with Gasteiger partial charge in [-0.25, -0.2) is 9.97 Å². The Morgan fingerprint density at radius 2 is 2.10 bits per heavy atom. The van der Waals surface area contributed by atoms with Crippen molar-refractivity contribution in [2.45, 2.75) is 51.6 Å². The third-order valence-corrected chi connectivity index (χ3v) is 6.47. The number of carbonyl (C=O) groups excluding carboxylic acids is 1. The van der Waals surface area contributed by atoms with Crippen LogP contribution in [-0.4, -0.2) is 52.4 Å².